The maximum absolute atomic E-state index is 11.1. The third kappa shape index (κ3) is 1.31. The Morgan fingerprint density at radius 2 is 2.00 bits per heavy atom. The first-order valence-corrected chi connectivity index (χ1v) is 3.75. The van der Waals surface area contributed by atoms with Gasteiger partial charge in [0.15, 0.2) is 0 Å². The number of nitrogen functional groups attached to an aromatic ring is 1. The van der Waals surface area contributed by atoms with Gasteiger partial charge in [0.05, 0.1) is 5.69 Å². The van der Waals surface area contributed by atoms with E-state index in [1.807, 2.05) is 0 Å². The number of benzene rings is 1. The minimum atomic E-state index is -0.259. The Hall–Kier alpha value is -2.04. The van der Waals surface area contributed by atoms with E-state index in [1.54, 1.807) is 24.3 Å². The summed E-state index contributed by atoms with van der Waals surface area (Å²) in [5, 5.41) is 5.92. The molecule has 66 valence electrons. The molecule has 13 heavy (non-hydrogen) atoms. The van der Waals surface area contributed by atoms with Gasteiger partial charge in [-0.25, -0.2) is 14.5 Å². The summed E-state index contributed by atoms with van der Waals surface area (Å²) in [7, 11) is 0. The zero-order chi connectivity index (χ0) is 9.26. The van der Waals surface area contributed by atoms with Crippen LogP contribution in [0.5, 0.6) is 0 Å². The predicted octanol–water partition coefficient (Wildman–Crippen LogP) is 0.143. The Morgan fingerprint density at radius 1 is 1.31 bits per heavy atom. The van der Waals surface area contributed by atoms with Crippen molar-refractivity contribution in [3.05, 3.63) is 41.1 Å². The van der Waals surface area contributed by atoms with Gasteiger partial charge in [0.25, 0.3) is 0 Å². The third-order valence-corrected chi connectivity index (χ3v) is 1.72. The van der Waals surface area contributed by atoms with Crippen LogP contribution in [0.1, 0.15) is 0 Å². The molecule has 0 unspecified atom stereocenters. The van der Waals surface area contributed by atoms with Crippen molar-refractivity contribution in [2.75, 3.05) is 5.73 Å². The molecule has 1 heterocycles. The second-order valence-corrected chi connectivity index (χ2v) is 2.62. The summed E-state index contributed by atoms with van der Waals surface area (Å²) in [6, 6.07) is 6.97. The second-order valence-electron chi connectivity index (χ2n) is 2.62. The quantitative estimate of drug-likeness (QED) is 0.607. The zero-order valence-electron chi connectivity index (χ0n) is 6.77. The van der Waals surface area contributed by atoms with Gasteiger partial charge < -0.3 is 5.73 Å². The monoisotopic (exact) mass is 176 g/mol. The summed E-state index contributed by atoms with van der Waals surface area (Å²) in [5.41, 5.74) is 6.66. The van der Waals surface area contributed by atoms with Gasteiger partial charge in [0.1, 0.15) is 6.33 Å². The fourth-order valence-corrected chi connectivity index (χ4v) is 1.07. The number of H-pyrrole nitrogens is 1. The molecule has 2 aromatic rings. The van der Waals surface area contributed by atoms with Gasteiger partial charge in [-0.05, 0) is 24.3 Å². The van der Waals surface area contributed by atoms with Crippen LogP contribution in [-0.4, -0.2) is 14.8 Å². The van der Waals surface area contributed by atoms with Gasteiger partial charge >= 0.3 is 5.69 Å². The molecule has 5 nitrogen and oxygen atoms in total. The van der Waals surface area contributed by atoms with Crippen LogP contribution in [-0.2, 0) is 0 Å². The van der Waals surface area contributed by atoms with Crippen molar-refractivity contribution >= 4 is 5.69 Å². The van der Waals surface area contributed by atoms with Gasteiger partial charge in [-0.1, -0.05) is 0 Å². The standard InChI is InChI=1S/C8H8N4O/c9-6-1-3-7(4-2-6)12-5-10-11-8(12)13/h1-5H,9H2,(H,11,13). The molecule has 0 aliphatic carbocycles. The summed E-state index contributed by atoms with van der Waals surface area (Å²) in [6.07, 6.45) is 1.42. The molecule has 0 bridgehead atoms. The van der Waals surface area contributed by atoms with Crippen LogP contribution in [0.4, 0.5) is 5.69 Å². The van der Waals surface area contributed by atoms with Crippen molar-refractivity contribution < 1.29 is 0 Å². The first-order chi connectivity index (χ1) is 6.27. The van der Waals surface area contributed by atoms with Crippen LogP contribution in [0.3, 0.4) is 0 Å². The van der Waals surface area contributed by atoms with E-state index in [9.17, 15) is 4.79 Å². The van der Waals surface area contributed by atoms with Gasteiger partial charge in [0, 0.05) is 5.69 Å². The average Bonchev–Trinajstić information content (AvgIpc) is 2.53. The van der Waals surface area contributed by atoms with Crippen molar-refractivity contribution in [3.8, 4) is 5.69 Å². The summed E-state index contributed by atoms with van der Waals surface area (Å²) >= 11 is 0. The number of rotatable bonds is 1. The highest BCUT2D eigenvalue weighted by molar-refractivity contribution is 5.44. The van der Waals surface area contributed by atoms with Crippen molar-refractivity contribution in [1.82, 2.24) is 14.8 Å². The second kappa shape index (κ2) is 2.78. The third-order valence-electron chi connectivity index (χ3n) is 1.72. The molecule has 0 aliphatic rings. The van der Waals surface area contributed by atoms with Crippen LogP contribution in [0.15, 0.2) is 35.4 Å². The van der Waals surface area contributed by atoms with Crippen LogP contribution in [0.2, 0.25) is 0 Å². The number of nitrogens with two attached hydrogens (primary N) is 1. The highest BCUT2D eigenvalue weighted by atomic mass is 16.1. The summed E-state index contributed by atoms with van der Waals surface area (Å²) in [6.45, 7) is 0. The molecule has 2 rings (SSSR count). The van der Waals surface area contributed by atoms with E-state index < -0.39 is 0 Å². The number of aromatic nitrogens is 3. The number of hydrogen-bond acceptors (Lipinski definition) is 3. The predicted molar refractivity (Wildman–Crippen MR) is 48.6 cm³/mol. The largest absolute Gasteiger partial charge is 0.399 e. The van der Waals surface area contributed by atoms with E-state index >= 15 is 0 Å². The topological polar surface area (TPSA) is 76.7 Å². The lowest BCUT2D eigenvalue weighted by Crippen LogP contribution is -2.13. The van der Waals surface area contributed by atoms with Crippen LogP contribution >= 0.6 is 0 Å². The molecule has 5 heteroatoms. The summed E-state index contributed by atoms with van der Waals surface area (Å²) < 4.78 is 1.40. The highest BCUT2D eigenvalue weighted by Gasteiger charge is 1.98. The Morgan fingerprint density at radius 3 is 2.54 bits per heavy atom. The molecule has 0 spiro atoms. The molecule has 0 aliphatic heterocycles. The lowest BCUT2D eigenvalue weighted by atomic mass is 10.3. The van der Waals surface area contributed by atoms with Gasteiger partial charge in [-0.2, -0.15) is 5.10 Å². The number of nitrogens with zero attached hydrogens (tertiary/aromatic N) is 2. The lowest BCUT2D eigenvalue weighted by molar-refractivity contribution is 0.983. The molecule has 1 aromatic carbocycles. The molecule has 0 fully saturated rings. The lowest BCUT2D eigenvalue weighted by Gasteiger charge is -1.99. The van der Waals surface area contributed by atoms with Crippen molar-refractivity contribution in [3.63, 3.8) is 0 Å². The van der Waals surface area contributed by atoms with E-state index in [-0.39, 0.29) is 5.69 Å². The molecule has 0 amide bonds. The number of anilines is 1. The molecular formula is C8H8N4O. The van der Waals surface area contributed by atoms with Gasteiger partial charge in [-0.3, -0.25) is 0 Å². The Bertz CT molecular complexity index is 453. The summed E-state index contributed by atoms with van der Waals surface area (Å²) in [4.78, 5) is 11.1. The fraction of sp³-hybridized carbons (Fsp3) is 0. The fourth-order valence-electron chi connectivity index (χ4n) is 1.07. The first kappa shape index (κ1) is 7.60. The Labute approximate surface area is 73.8 Å². The first-order valence-electron chi connectivity index (χ1n) is 3.75. The van der Waals surface area contributed by atoms with E-state index in [4.69, 9.17) is 5.73 Å². The highest BCUT2D eigenvalue weighted by Crippen LogP contribution is 2.07. The van der Waals surface area contributed by atoms with Crippen LogP contribution in [0, 0.1) is 0 Å². The molecule has 0 radical (unpaired) electrons. The van der Waals surface area contributed by atoms with Crippen molar-refractivity contribution in [2.24, 2.45) is 0 Å². The van der Waals surface area contributed by atoms with E-state index in [0.717, 1.165) is 5.69 Å². The summed E-state index contributed by atoms with van der Waals surface area (Å²) in [5.74, 6) is 0. The minimum Gasteiger partial charge on any atom is -0.399 e. The zero-order valence-corrected chi connectivity index (χ0v) is 6.77. The molecule has 0 saturated carbocycles. The van der Waals surface area contributed by atoms with Crippen molar-refractivity contribution in [2.45, 2.75) is 0 Å². The molecule has 0 atom stereocenters. The van der Waals surface area contributed by atoms with E-state index in [2.05, 4.69) is 10.2 Å². The van der Waals surface area contributed by atoms with Crippen LogP contribution < -0.4 is 11.4 Å². The number of aromatic amines is 1. The molecular weight excluding hydrogens is 168 g/mol. The Kier molecular flexibility index (Phi) is 1.63. The molecule has 1 aromatic heterocycles. The van der Waals surface area contributed by atoms with E-state index in [0.29, 0.717) is 5.69 Å². The smallest absolute Gasteiger partial charge is 0.347 e. The Balaban J connectivity index is 2.54. The number of nitrogens with one attached hydrogen (secondary N) is 1. The molecule has 3 N–H and O–H groups in total. The van der Waals surface area contributed by atoms with E-state index in [1.165, 1.54) is 10.9 Å². The average molecular weight is 176 g/mol. The van der Waals surface area contributed by atoms with Gasteiger partial charge in [-0.15, -0.1) is 0 Å². The van der Waals surface area contributed by atoms with Crippen LogP contribution in [0.25, 0.3) is 5.69 Å². The minimum absolute atomic E-state index is 0.259. The van der Waals surface area contributed by atoms with Gasteiger partial charge in [0.2, 0.25) is 0 Å². The van der Waals surface area contributed by atoms with Crippen molar-refractivity contribution in [1.29, 1.82) is 0 Å². The normalized spacial score (nSPS) is 10.2. The maximum atomic E-state index is 11.1. The maximum Gasteiger partial charge on any atom is 0.347 e. The SMILES string of the molecule is Nc1ccc(-n2cn[nH]c2=O)cc1. The molecule has 0 saturated heterocycles. The number of hydrogen-bond donors (Lipinski definition) is 2.